The molecular formula is C23H29N3O5. The van der Waals surface area contributed by atoms with E-state index in [2.05, 4.69) is 29.5 Å². The lowest BCUT2D eigenvalue weighted by Crippen LogP contribution is -2.43. The fourth-order valence-electron chi connectivity index (χ4n) is 3.14. The van der Waals surface area contributed by atoms with Crippen molar-refractivity contribution >= 4 is 17.7 Å². The van der Waals surface area contributed by atoms with E-state index >= 15 is 0 Å². The van der Waals surface area contributed by atoms with Crippen molar-refractivity contribution in [2.75, 3.05) is 11.9 Å². The minimum atomic E-state index is -0.778. The number of rotatable bonds is 5. The average Bonchev–Trinajstić information content (AvgIpc) is 2.97. The van der Waals surface area contributed by atoms with Gasteiger partial charge in [0.1, 0.15) is 23.1 Å². The Morgan fingerprint density at radius 2 is 1.94 bits per heavy atom. The van der Waals surface area contributed by atoms with Crippen molar-refractivity contribution in [2.45, 2.75) is 58.6 Å². The fourth-order valence-corrected chi connectivity index (χ4v) is 3.14. The first-order chi connectivity index (χ1) is 14.4. The van der Waals surface area contributed by atoms with Crippen molar-refractivity contribution in [3.05, 3.63) is 42.1 Å². The second kappa shape index (κ2) is 8.45. The zero-order valence-electron chi connectivity index (χ0n) is 18.7. The van der Waals surface area contributed by atoms with Crippen LogP contribution in [0.5, 0.6) is 17.4 Å². The van der Waals surface area contributed by atoms with E-state index in [9.17, 15) is 9.59 Å². The van der Waals surface area contributed by atoms with Crippen LogP contribution in [0.25, 0.3) is 0 Å². The summed E-state index contributed by atoms with van der Waals surface area (Å²) in [6, 6.07) is 8.27. The molecule has 1 aliphatic heterocycles. The van der Waals surface area contributed by atoms with E-state index in [1.165, 1.54) is 6.20 Å². The molecule has 0 fully saturated rings. The zero-order chi connectivity index (χ0) is 22.8. The molecule has 2 N–H and O–H groups in total. The Labute approximate surface area is 182 Å². The fraction of sp³-hybridized carbons (Fsp3) is 0.435. The molecule has 0 radical (unpaired) electrons. The van der Waals surface area contributed by atoms with Crippen LogP contribution in [0.3, 0.4) is 0 Å². The van der Waals surface area contributed by atoms with Crippen LogP contribution in [0.1, 0.15) is 47.1 Å². The molecule has 31 heavy (non-hydrogen) atoms. The molecule has 0 saturated heterocycles. The number of carbonyl (C=O) groups is 2. The van der Waals surface area contributed by atoms with Gasteiger partial charge >= 0.3 is 6.09 Å². The van der Waals surface area contributed by atoms with Gasteiger partial charge in [0.2, 0.25) is 11.8 Å². The number of ether oxygens (including phenoxy) is 3. The molecule has 1 aromatic carbocycles. The highest BCUT2D eigenvalue weighted by Gasteiger charge is 2.35. The molecule has 0 bridgehead atoms. The summed E-state index contributed by atoms with van der Waals surface area (Å²) in [7, 11) is 0. The molecule has 1 aliphatic rings. The van der Waals surface area contributed by atoms with Crippen molar-refractivity contribution in [1.82, 2.24) is 10.3 Å². The zero-order valence-corrected chi connectivity index (χ0v) is 18.7. The number of pyridine rings is 1. The number of nitrogens with zero attached hydrogens (tertiary/aromatic N) is 1. The smallest absolute Gasteiger partial charge is 0.408 e. The highest BCUT2D eigenvalue weighted by atomic mass is 16.6. The van der Waals surface area contributed by atoms with E-state index in [0.717, 1.165) is 11.3 Å². The number of anilines is 1. The maximum absolute atomic E-state index is 12.3. The topological polar surface area (TPSA) is 98.8 Å². The molecule has 0 saturated carbocycles. The standard InChI is InChI=1S/C23H29N3O5/c1-14(25-21(28)31-22(2,3)4)20(27)26-15-10-11-18(24-12-15)30-17-9-7-8-16-19(17)23(5,6)13-29-16/h7-12,14H,13H2,1-6H3,(H,25,28)(H,26,27)/t14-/m1/s1. The monoisotopic (exact) mass is 427 g/mol. The highest BCUT2D eigenvalue weighted by Crippen LogP contribution is 2.45. The first-order valence-electron chi connectivity index (χ1n) is 10.2. The third kappa shape index (κ3) is 5.65. The summed E-state index contributed by atoms with van der Waals surface area (Å²) in [5.41, 5.74) is 0.700. The second-order valence-corrected chi connectivity index (χ2v) is 9.15. The molecule has 0 unspecified atom stereocenters. The lowest BCUT2D eigenvalue weighted by atomic mass is 9.86. The number of benzene rings is 1. The van der Waals surface area contributed by atoms with Gasteiger partial charge in [-0.25, -0.2) is 9.78 Å². The van der Waals surface area contributed by atoms with Crippen molar-refractivity contribution < 1.29 is 23.8 Å². The predicted molar refractivity (Wildman–Crippen MR) is 117 cm³/mol. The van der Waals surface area contributed by atoms with Gasteiger partial charge in [-0.15, -0.1) is 0 Å². The Morgan fingerprint density at radius 1 is 1.19 bits per heavy atom. The number of fused-ring (bicyclic) bond motifs is 1. The van der Waals surface area contributed by atoms with Gasteiger partial charge < -0.3 is 24.8 Å². The molecule has 1 aromatic heterocycles. The van der Waals surface area contributed by atoms with Gasteiger partial charge in [0.25, 0.3) is 0 Å². The predicted octanol–water partition coefficient (Wildman–Crippen LogP) is 4.40. The number of alkyl carbamates (subject to hydrolysis) is 1. The van der Waals surface area contributed by atoms with Crippen LogP contribution in [-0.2, 0) is 14.9 Å². The molecule has 0 spiro atoms. The minimum absolute atomic E-state index is 0.156. The second-order valence-electron chi connectivity index (χ2n) is 9.15. The SMILES string of the molecule is C[C@@H](NC(=O)OC(C)(C)C)C(=O)Nc1ccc(Oc2cccc3c2C(C)(C)CO3)nc1. The average molecular weight is 428 g/mol. The molecule has 2 heterocycles. The number of aromatic nitrogens is 1. The van der Waals surface area contributed by atoms with Crippen molar-refractivity contribution in [3.63, 3.8) is 0 Å². The summed E-state index contributed by atoms with van der Waals surface area (Å²) in [6.07, 6.45) is 0.845. The summed E-state index contributed by atoms with van der Waals surface area (Å²) < 4.78 is 16.9. The summed E-state index contributed by atoms with van der Waals surface area (Å²) in [6.45, 7) is 11.6. The molecule has 0 aliphatic carbocycles. The third-order valence-electron chi connectivity index (χ3n) is 4.60. The van der Waals surface area contributed by atoms with E-state index in [-0.39, 0.29) is 11.3 Å². The molecule has 2 amide bonds. The van der Waals surface area contributed by atoms with Gasteiger partial charge in [0.15, 0.2) is 0 Å². The minimum Gasteiger partial charge on any atom is -0.492 e. The van der Waals surface area contributed by atoms with E-state index in [1.54, 1.807) is 39.8 Å². The molecule has 8 heteroatoms. The largest absolute Gasteiger partial charge is 0.492 e. The number of amides is 2. The molecule has 1 atom stereocenters. The molecule has 8 nitrogen and oxygen atoms in total. The Morgan fingerprint density at radius 3 is 2.58 bits per heavy atom. The van der Waals surface area contributed by atoms with Gasteiger partial charge in [0, 0.05) is 17.0 Å². The lowest BCUT2D eigenvalue weighted by Gasteiger charge is -2.21. The Hall–Kier alpha value is -3.29. The Kier molecular flexibility index (Phi) is 6.10. The third-order valence-corrected chi connectivity index (χ3v) is 4.60. The van der Waals surface area contributed by atoms with E-state index < -0.39 is 17.7 Å². The van der Waals surface area contributed by atoms with Crippen LogP contribution in [0.15, 0.2) is 36.5 Å². The van der Waals surface area contributed by atoms with Gasteiger partial charge in [-0.05, 0) is 45.9 Å². The maximum Gasteiger partial charge on any atom is 0.408 e. The summed E-state index contributed by atoms with van der Waals surface area (Å²) in [5.74, 6) is 1.52. The normalized spacial score (nSPS) is 15.3. The van der Waals surface area contributed by atoms with Gasteiger partial charge in [-0.1, -0.05) is 19.9 Å². The molecule has 3 rings (SSSR count). The quantitative estimate of drug-likeness (QED) is 0.734. The van der Waals surface area contributed by atoms with Crippen LogP contribution < -0.4 is 20.1 Å². The van der Waals surface area contributed by atoms with Crippen LogP contribution in [0, 0.1) is 0 Å². The van der Waals surface area contributed by atoms with Gasteiger partial charge in [-0.3, -0.25) is 4.79 Å². The lowest BCUT2D eigenvalue weighted by molar-refractivity contribution is -0.117. The maximum atomic E-state index is 12.3. The number of carbonyl (C=O) groups excluding carboxylic acids is 2. The van der Waals surface area contributed by atoms with Crippen molar-refractivity contribution in [3.8, 4) is 17.4 Å². The Bertz CT molecular complexity index is 964. The number of hydrogen-bond donors (Lipinski definition) is 2. The van der Waals surface area contributed by atoms with Gasteiger partial charge in [0.05, 0.1) is 18.5 Å². The molecule has 2 aromatic rings. The van der Waals surface area contributed by atoms with Crippen molar-refractivity contribution in [1.29, 1.82) is 0 Å². The van der Waals surface area contributed by atoms with Crippen LogP contribution in [0.4, 0.5) is 10.5 Å². The first-order valence-corrected chi connectivity index (χ1v) is 10.2. The summed E-state index contributed by atoms with van der Waals surface area (Å²) >= 11 is 0. The van der Waals surface area contributed by atoms with E-state index in [0.29, 0.717) is 23.9 Å². The van der Waals surface area contributed by atoms with Crippen LogP contribution in [-0.4, -0.2) is 35.2 Å². The first kappa shape index (κ1) is 22.4. The van der Waals surface area contributed by atoms with Gasteiger partial charge in [-0.2, -0.15) is 0 Å². The van der Waals surface area contributed by atoms with Crippen LogP contribution >= 0.6 is 0 Å². The van der Waals surface area contributed by atoms with Crippen molar-refractivity contribution in [2.24, 2.45) is 0 Å². The van der Waals surface area contributed by atoms with E-state index in [4.69, 9.17) is 14.2 Å². The van der Waals surface area contributed by atoms with E-state index in [1.807, 2.05) is 18.2 Å². The van der Waals surface area contributed by atoms with Crippen LogP contribution in [0.2, 0.25) is 0 Å². The summed E-state index contributed by atoms with van der Waals surface area (Å²) in [5, 5.41) is 5.21. The number of hydrogen-bond acceptors (Lipinski definition) is 6. The number of nitrogens with one attached hydrogen (secondary N) is 2. The Balaban J connectivity index is 1.61. The highest BCUT2D eigenvalue weighted by molar-refractivity contribution is 5.96. The molecular weight excluding hydrogens is 398 g/mol. The summed E-state index contributed by atoms with van der Waals surface area (Å²) in [4.78, 5) is 28.4. The molecule has 166 valence electrons.